The minimum absolute atomic E-state index is 0.670. The van der Waals surface area contributed by atoms with Crippen LogP contribution in [0.25, 0.3) is 0 Å². The van der Waals surface area contributed by atoms with Crippen molar-refractivity contribution in [3.05, 3.63) is 24.0 Å². The lowest BCUT2D eigenvalue weighted by molar-refractivity contribution is 0.851. The van der Waals surface area contributed by atoms with Gasteiger partial charge >= 0.3 is 0 Å². The Labute approximate surface area is 87.7 Å². The van der Waals surface area contributed by atoms with Crippen molar-refractivity contribution in [2.75, 3.05) is 24.3 Å². The summed E-state index contributed by atoms with van der Waals surface area (Å²) in [5.74, 6) is 1.41. The smallest absolute Gasteiger partial charge is 0.226 e. The van der Waals surface area contributed by atoms with E-state index in [1.54, 1.807) is 7.05 Å². The first-order chi connectivity index (χ1) is 7.29. The van der Waals surface area contributed by atoms with E-state index < -0.39 is 0 Å². The molecule has 0 aromatic carbocycles. The average molecular weight is 206 g/mol. The Balaban J connectivity index is 2.04. The van der Waals surface area contributed by atoms with E-state index in [0.29, 0.717) is 5.95 Å². The van der Waals surface area contributed by atoms with Crippen LogP contribution in [0.4, 0.5) is 11.9 Å². The molecular formula is C9H14N6. The van der Waals surface area contributed by atoms with Gasteiger partial charge in [0, 0.05) is 26.0 Å². The highest BCUT2D eigenvalue weighted by molar-refractivity contribution is 5.35. The number of nitrogens with zero attached hydrogens (tertiary/aromatic N) is 3. The molecule has 0 radical (unpaired) electrons. The number of aromatic amines is 2. The van der Waals surface area contributed by atoms with Crippen LogP contribution in [0.1, 0.15) is 5.69 Å². The molecule has 0 aliphatic carbocycles. The van der Waals surface area contributed by atoms with Gasteiger partial charge in [-0.3, -0.25) is 4.98 Å². The summed E-state index contributed by atoms with van der Waals surface area (Å²) in [5, 5.41) is 10.8. The Morgan fingerprint density at radius 3 is 2.93 bits per heavy atom. The Morgan fingerprint density at radius 1 is 1.47 bits per heavy atom. The van der Waals surface area contributed by atoms with E-state index in [1.807, 2.05) is 30.3 Å². The summed E-state index contributed by atoms with van der Waals surface area (Å²) in [6, 6.07) is 4.01. The van der Waals surface area contributed by atoms with Gasteiger partial charge in [-0.1, -0.05) is 0 Å². The average Bonchev–Trinajstić information content (AvgIpc) is 2.86. The third kappa shape index (κ3) is 2.09. The molecule has 0 unspecified atom stereocenters. The Hall–Kier alpha value is -1.98. The minimum Gasteiger partial charge on any atom is -0.364 e. The predicted molar refractivity (Wildman–Crippen MR) is 58.8 cm³/mol. The third-order valence-electron chi connectivity index (χ3n) is 2.14. The summed E-state index contributed by atoms with van der Waals surface area (Å²) in [7, 11) is 3.76. The van der Waals surface area contributed by atoms with Crippen LogP contribution >= 0.6 is 0 Å². The summed E-state index contributed by atoms with van der Waals surface area (Å²) in [4.78, 5) is 8.18. The van der Waals surface area contributed by atoms with Crippen LogP contribution in [0.3, 0.4) is 0 Å². The molecule has 2 aromatic heterocycles. The first-order valence-corrected chi connectivity index (χ1v) is 4.73. The van der Waals surface area contributed by atoms with E-state index in [1.165, 1.54) is 0 Å². The fraction of sp³-hybridized carbons (Fsp3) is 0.333. The number of nitrogens with one attached hydrogen (secondary N) is 3. The predicted octanol–water partition coefficient (Wildman–Crippen LogP) is 0.811. The van der Waals surface area contributed by atoms with Gasteiger partial charge in [0.25, 0.3) is 0 Å². The SMILES string of the molecule is CNc1nnc(N(C)Cc2ccc[nH]2)[nH]1. The number of hydrogen-bond acceptors (Lipinski definition) is 4. The standard InChI is InChI=1S/C9H14N6/c1-10-8-12-9(14-13-8)15(2)6-7-4-3-5-11-7/h3-5,11H,6H2,1-2H3,(H2,10,12,13,14). The monoisotopic (exact) mass is 206 g/mol. The van der Waals surface area contributed by atoms with Crippen LogP contribution < -0.4 is 10.2 Å². The van der Waals surface area contributed by atoms with Gasteiger partial charge < -0.3 is 15.2 Å². The molecule has 0 atom stereocenters. The zero-order valence-corrected chi connectivity index (χ0v) is 8.78. The van der Waals surface area contributed by atoms with Crippen LogP contribution in [-0.2, 0) is 6.54 Å². The Bertz CT molecular complexity index is 404. The molecule has 0 fully saturated rings. The van der Waals surface area contributed by atoms with Crippen molar-refractivity contribution >= 4 is 11.9 Å². The summed E-state index contributed by atoms with van der Waals surface area (Å²) >= 11 is 0. The molecule has 0 bridgehead atoms. The molecule has 80 valence electrons. The van der Waals surface area contributed by atoms with Gasteiger partial charge in [-0.15, -0.1) is 10.2 Å². The summed E-state index contributed by atoms with van der Waals surface area (Å²) in [5.41, 5.74) is 1.14. The van der Waals surface area contributed by atoms with Crippen molar-refractivity contribution < 1.29 is 0 Å². The van der Waals surface area contributed by atoms with Gasteiger partial charge in [-0.2, -0.15) is 0 Å². The summed E-state index contributed by atoms with van der Waals surface area (Å²) < 4.78 is 0. The van der Waals surface area contributed by atoms with E-state index in [4.69, 9.17) is 0 Å². The highest BCUT2D eigenvalue weighted by atomic mass is 15.4. The topological polar surface area (TPSA) is 72.6 Å². The van der Waals surface area contributed by atoms with Gasteiger partial charge in [0.1, 0.15) is 0 Å². The largest absolute Gasteiger partial charge is 0.364 e. The maximum atomic E-state index is 4.01. The molecule has 0 aliphatic heterocycles. The molecule has 0 aliphatic rings. The summed E-state index contributed by atoms with van der Waals surface area (Å²) in [6.07, 6.45) is 1.91. The number of aromatic nitrogens is 4. The molecule has 6 heteroatoms. The van der Waals surface area contributed by atoms with E-state index >= 15 is 0 Å². The van der Waals surface area contributed by atoms with Crippen LogP contribution in [-0.4, -0.2) is 34.3 Å². The highest BCUT2D eigenvalue weighted by Crippen LogP contribution is 2.10. The van der Waals surface area contributed by atoms with Crippen LogP contribution in [0.15, 0.2) is 18.3 Å². The van der Waals surface area contributed by atoms with Crippen LogP contribution in [0.2, 0.25) is 0 Å². The molecule has 0 spiro atoms. The van der Waals surface area contributed by atoms with Crippen molar-refractivity contribution in [3.8, 4) is 0 Å². The lowest BCUT2D eigenvalue weighted by atomic mass is 10.4. The van der Waals surface area contributed by atoms with Gasteiger partial charge in [-0.05, 0) is 12.1 Å². The molecule has 15 heavy (non-hydrogen) atoms. The number of rotatable bonds is 4. The first-order valence-electron chi connectivity index (χ1n) is 4.73. The lowest BCUT2D eigenvalue weighted by Crippen LogP contribution is -2.17. The number of hydrogen-bond donors (Lipinski definition) is 3. The zero-order chi connectivity index (χ0) is 10.7. The second-order valence-corrected chi connectivity index (χ2v) is 3.30. The fourth-order valence-corrected chi connectivity index (χ4v) is 1.33. The number of H-pyrrole nitrogens is 2. The van der Waals surface area contributed by atoms with Crippen LogP contribution in [0, 0.1) is 0 Å². The van der Waals surface area contributed by atoms with Crippen molar-refractivity contribution in [2.24, 2.45) is 0 Å². The van der Waals surface area contributed by atoms with Gasteiger partial charge in [-0.25, -0.2) is 0 Å². The van der Waals surface area contributed by atoms with Gasteiger partial charge in [0.15, 0.2) is 0 Å². The van der Waals surface area contributed by atoms with E-state index in [-0.39, 0.29) is 0 Å². The van der Waals surface area contributed by atoms with Gasteiger partial charge in [0.2, 0.25) is 11.9 Å². The van der Waals surface area contributed by atoms with E-state index in [0.717, 1.165) is 18.2 Å². The molecule has 0 saturated heterocycles. The molecule has 2 rings (SSSR count). The Kier molecular flexibility index (Phi) is 2.57. The molecule has 2 aromatic rings. The zero-order valence-electron chi connectivity index (χ0n) is 8.78. The highest BCUT2D eigenvalue weighted by Gasteiger charge is 2.07. The summed E-state index contributed by atoms with van der Waals surface area (Å²) in [6.45, 7) is 0.769. The maximum absolute atomic E-state index is 4.01. The Morgan fingerprint density at radius 2 is 2.33 bits per heavy atom. The minimum atomic E-state index is 0.670. The first kappa shape index (κ1) is 9.57. The third-order valence-corrected chi connectivity index (χ3v) is 2.14. The second kappa shape index (κ2) is 4.04. The van der Waals surface area contributed by atoms with Gasteiger partial charge in [0.05, 0.1) is 6.54 Å². The lowest BCUT2D eigenvalue weighted by Gasteiger charge is -2.13. The van der Waals surface area contributed by atoms with Crippen molar-refractivity contribution in [3.63, 3.8) is 0 Å². The number of anilines is 2. The van der Waals surface area contributed by atoms with Crippen molar-refractivity contribution in [2.45, 2.75) is 6.54 Å². The molecule has 2 heterocycles. The van der Waals surface area contributed by atoms with E-state index in [2.05, 4.69) is 25.5 Å². The quantitative estimate of drug-likeness (QED) is 0.692. The maximum Gasteiger partial charge on any atom is 0.226 e. The normalized spacial score (nSPS) is 10.3. The van der Waals surface area contributed by atoms with Crippen molar-refractivity contribution in [1.29, 1.82) is 0 Å². The van der Waals surface area contributed by atoms with E-state index in [9.17, 15) is 0 Å². The van der Waals surface area contributed by atoms with Crippen molar-refractivity contribution in [1.82, 2.24) is 20.2 Å². The van der Waals surface area contributed by atoms with Crippen LogP contribution in [0.5, 0.6) is 0 Å². The molecule has 0 amide bonds. The molecule has 6 nitrogen and oxygen atoms in total. The molecule has 0 saturated carbocycles. The fourth-order valence-electron chi connectivity index (χ4n) is 1.33. The molecular weight excluding hydrogens is 192 g/mol. The molecule has 3 N–H and O–H groups in total. The second-order valence-electron chi connectivity index (χ2n) is 3.30.